The van der Waals surface area contributed by atoms with E-state index in [0.717, 1.165) is 66.9 Å². The van der Waals surface area contributed by atoms with Crippen LogP contribution < -0.4 is 0 Å². The van der Waals surface area contributed by atoms with Gasteiger partial charge in [-0.05, 0) is 133 Å². The molecule has 0 saturated heterocycles. The van der Waals surface area contributed by atoms with E-state index in [1.807, 2.05) is 0 Å². The zero-order valence-corrected chi connectivity index (χ0v) is 43.8. The van der Waals surface area contributed by atoms with E-state index in [2.05, 4.69) is 291 Å². The molecule has 9 aromatic heterocycles. The Kier molecular flexibility index (Phi) is 7.41. The Hall–Kier alpha value is -11.2. The smallest absolute Gasteiger partial charge is 0.0777 e. The number of hydrogen-bond acceptors (Lipinski definition) is 0. The molecule has 0 radical (unpaired) electrons. The van der Waals surface area contributed by atoms with E-state index >= 15 is 0 Å². The van der Waals surface area contributed by atoms with Gasteiger partial charge in [0.15, 0.2) is 0 Å². The Labute approximate surface area is 464 Å². The first kappa shape index (κ1) is 41.8. The minimum absolute atomic E-state index is 1.11. The molecular weight excluding hydrogens is 1000 g/mol. The fraction of sp³-hybridized carbons (Fsp3) is 0. The fourth-order valence-electron chi connectivity index (χ4n) is 15.3. The van der Waals surface area contributed by atoms with E-state index in [4.69, 9.17) is 0 Å². The summed E-state index contributed by atoms with van der Waals surface area (Å²) in [6.45, 7) is 0. The highest BCUT2D eigenvalue weighted by atomic mass is 15.0. The van der Waals surface area contributed by atoms with Crippen LogP contribution in [0.1, 0.15) is 0 Å². The molecule has 8 heteroatoms. The van der Waals surface area contributed by atoms with Crippen molar-refractivity contribution >= 4 is 153 Å². The second-order valence-corrected chi connectivity index (χ2v) is 22.7. The van der Waals surface area contributed by atoms with Crippen molar-refractivity contribution in [3.63, 3.8) is 0 Å². The number of aromatic nitrogens is 8. The van der Waals surface area contributed by atoms with Gasteiger partial charge in [-0.1, -0.05) is 84.9 Å². The molecule has 10 heterocycles. The molecule has 11 aromatic carbocycles. The van der Waals surface area contributed by atoms with Crippen molar-refractivity contribution < 1.29 is 0 Å². The molecule has 20 aromatic rings. The lowest BCUT2D eigenvalue weighted by Crippen LogP contribution is -2.02. The maximum atomic E-state index is 2.51. The third-order valence-electron chi connectivity index (χ3n) is 18.8. The van der Waals surface area contributed by atoms with E-state index in [1.165, 1.54) is 109 Å². The summed E-state index contributed by atoms with van der Waals surface area (Å²) in [7, 11) is 0. The highest BCUT2D eigenvalue weighted by molar-refractivity contribution is 6.17. The summed E-state index contributed by atoms with van der Waals surface area (Å²) in [4.78, 5) is 0. The van der Waals surface area contributed by atoms with E-state index in [1.54, 1.807) is 0 Å². The fourth-order valence-corrected chi connectivity index (χ4v) is 15.3. The lowest BCUT2D eigenvalue weighted by atomic mass is 10.1. The Morgan fingerprint density at radius 3 is 0.780 bits per heavy atom. The molecular formula is C74H42N8. The van der Waals surface area contributed by atoms with Crippen LogP contribution in [-0.2, 0) is 0 Å². The summed E-state index contributed by atoms with van der Waals surface area (Å²) in [5.74, 6) is 0. The van der Waals surface area contributed by atoms with Crippen LogP contribution in [0.3, 0.4) is 0 Å². The number of fused-ring (bicyclic) bond motifs is 24. The number of nitrogens with zero attached hydrogens (tertiary/aromatic N) is 8. The van der Waals surface area contributed by atoms with Crippen LogP contribution in [0.4, 0.5) is 0 Å². The van der Waals surface area contributed by atoms with Gasteiger partial charge in [-0.25, -0.2) is 0 Å². The third kappa shape index (κ3) is 5.06. The van der Waals surface area contributed by atoms with Gasteiger partial charge in [-0.15, -0.1) is 0 Å². The lowest BCUT2D eigenvalue weighted by molar-refractivity contribution is 1.11. The minimum atomic E-state index is 1.11. The predicted octanol–water partition coefficient (Wildman–Crippen LogP) is 18.6. The van der Waals surface area contributed by atoms with Crippen molar-refractivity contribution in [2.45, 2.75) is 0 Å². The van der Waals surface area contributed by atoms with Gasteiger partial charge in [0.05, 0.1) is 77.9 Å². The average molecular weight is 1040 g/mol. The highest BCUT2D eigenvalue weighted by Crippen LogP contribution is 2.44. The van der Waals surface area contributed by atoms with Crippen LogP contribution in [0.15, 0.2) is 256 Å². The van der Waals surface area contributed by atoms with Crippen molar-refractivity contribution in [2.75, 3.05) is 0 Å². The van der Waals surface area contributed by atoms with Gasteiger partial charge < -0.3 is 35.9 Å². The van der Waals surface area contributed by atoms with Crippen molar-refractivity contribution in [3.05, 3.63) is 256 Å². The number of hydrogen-bond donors (Lipinski definition) is 0. The van der Waals surface area contributed by atoms with Gasteiger partial charge in [0, 0.05) is 135 Å². The summed E-state index contributed by atoms with van der Waals surface area (Å²) in [5, 5.41) is 16.6. The van der Waals surface area contributed by atoms with Crippen LogP contribution in [0, 0.1) is 0 Å². The second-order valence-electron chi connectivity index (χ2n) is 22.7. The van der Waals surface area contributed by atoms with Gasteiger partial charge in [0.25, 0.3) is 0 Å². The number of benzene rings is 11. The molecule has 0 atom stereocenters. The van der Waals surface area contributed by atoms with Gasteiger partial charge in [0.1, 0.15) is 0 Å². The third-order valence-corrected chi connectivity index (χ3v) is 18.8. The zero-order valence-electron chi connectivity index (χ0n) is 43.8. The topological polar surface area (TPSA) is 37.4 Å². The maximum absolute atomic E-state index is 2.51. The molecule has 0 saturated carbocycles. The highest BCUT2D eigenvalue weighted by Gasteiger charge is 2.23. The van der Waals surface area contributed by atoms with Gasteiger partial charge >= 0.3 is 0 Å². The normalized spacial score (nSPS) is 12.9. The molecule has 0 fully saturated rings. The molecule has 8 nitrogen and oxygen atoms in total. The summed E-state index contributed by atoms with van der Waals surface area (Å²) in [6, 6.07) is 83.1. The monoisotopic (exact) mass is 1040 g/mol. The molecule has 0 N–H and O–H groups in total. The molecule has 378 valence electrons. The molecule has 21 rings (SSSR count). The van der Waals surface area contributed by atoms with Crippen LogP contribution in [0.2, 0.25) is 0 Å². The molecule has 0 spiro atoms. The molecule has 0 aliphatic carbocycles. The van der Waals surface area contributed by atoms with Crippen molar-refractivity contribution in [1.82, 2.24) is 35.9 Å². The Morgan fingerprint density at radius 2 is 0.463 bits per heavy atom. The summed E-state index contributed by atoms with van der Waals surface area (Å²) in [6.07, 6.45) is 13.6. The largest absolute Gasteiger partial charge is 0.315 e. The number of rotatable bonds is 0. The summed E-state index contributed by atoms with van der Waals surface area (Å²) >= 11 is 0. The lowest BCUT2D eigenvalue weighted by Gasteiger charge is -2.18. The zero-order chi connectivity index (χ0) is 52.8. The van der Waals surface area contributed by atoms with Gasteiger partial charge in [0.2, 0.25) is 0 Å². The van der Waals surface area contributed by atoms with Crippen molar-refractivity contribution in [2.24, 2.45) is 0 Å². The molecule has 1 aliphatic rings. The quantitative estimate of drug-likeness (QED) is 0.145. The Balaban J connectivity index is 1.03. The first-order chi connectivity index (χ1) is 40.6. The van der Waals surface area contributed by atoms with Gasteiger partial charge in [-0.3, -0.25) is 0 Å². The molecule has 14 bridgehead atoms. The van der Waals surface area contributed by atoms with E-state index in [-0.39, 0.29) is 0 Å². The standard InChI is InChI=1S/C74H42N8/c1-3-7-55-53(5-1)61-23-25-63(55)81-65-19-15-49-39-57(65)58-40-50(16-20-66(58)81)76-34-28-44-10-12-46-30-36-78(72(46)70(44)76)52-18-22-68-60(42-52)59-41-51(77-35-29-45-11-9-43-27-33-75(49)69(43)71(45)77)17-21-67(59)82(68)64-26-24-62(54-6-2-4-8-56(54)64)80-38-32-48-14-13-47-31-37-79(61)73(47)74(48)80/h1-42H. The van der Waals surface area contributed by atoms with Crippen LogP contribution in [0.5, 0.6) is 0 Å². The molecule has 82 heavy (non-hydrogen) atoms. The van der Waals surface area contributed by atoms with E-state index in [0.29, 0.717) is 0 Å². The molecule has 0 amide bonds. The Bertz CT molecular complexity index is 5760. The van der Waals surface area contributed by atoms with Crippen molar-refractivity contribution in [3.8, 4) is 22.7 Å². The maximum Gasteiger partial charge on any atom is 0.0777 e. The van der Waals surface area contributed by atoms with Crippen molar-refractivity contribution in [1.29, 1.82) is 0 Å². The van der Waals surface area contributed by atoms with E-state index in [9.17, 15) is 0 Å². The molecule has 0 unspecified atom stereocenters. The predicted molar refractivity (Wildman–Crippen MR) is 340 cm³/mol. The summed E-state index contributed by atoms with van der Waals surface area (Å²) in [5.41, 5.74) is 20.5. The van der Waals surface area contributed by atoms with Crippen LogP contribution in [0.25, 0.3) is 175 Å². The second kappa shape index (κ2) is 14.5. The van der Waals surface area contributed by atoms with Gasteiger partial charge in [-0.2, -0.15) is 0 Å². The first-order valence-corrected chi connectivity index (χ1v) is 28.2. The van der Waals surface area contributed by atoms with E-state index < -0.39 is 0 Å². The SMILES string of the molecule is c1ccc2c3ccc(c2c1)-n1ccc2ccc4ccn(c4c21)-c1ccc(c2ccccc12)-n1c2ccc4cc2c2cc(ccc21)n1ccc2ccc5ccn(c6ccc7c(c6)c6cc(ccc6n7-3)n3ccc6ccc7ccn4c7c63)c5c21. The summed E-state index contributed by atoms with van der Waals surface area (Å²) < 4.78 is 19.5. The average Bonchev–Trinajstić information content (AvgIpc) is 3.39. The first-order valence-electron chi connectivity index (χ1n) is 28.2. The van der Waals surface area contributed by atoms with Crippen LogP contribution >= 0.6 is 0 Å². The minimum Gasteiger partial charge on any atom is -0.315 e. The Morgan fingerprint density at radius 1 is 0.195 bits per heavy atom. The van der Waals surface area contributed by atoms with Crippen LogP contribution in [-0.4, -0.2) is 35.9 Å². The molecule has 1 aliphatic heterocycles.